The van der Waals surface area contributed by atoms with Crippen LogP contribution in [0.15, 0.2) is 29.2 Å². The van der Waals surface area contributed by atoms with Crippen molar-refractivity contribution in [3.63, 3.8) is 0 Å². The summed E-state index contributed by atoms with van der Waals surface area (Å²) in [6.07, 6.45) is 2.10. The fourth-order valence-corrected chi connectivity index (χ4v) is 3.61. The lowest BCUT2D eigenvalue weighted by Gasteiger charge is -2.19. The van der Waals surface area contributed by atoms with Gasteiger partial charge in [-0.15, -0.1) is 0 Å². The van der Waals surface area contributed by atoms with Crippen molar-refractivity contribution in [2.75, 3.05) is 13.7 Å². The van der Waals surface area contributed by atoms with Crippen LogP contribution >= 0.6 is 0 Å². The van der Waals surface area contributed by atoms with E-state index in [2.05, 4.69) is 10.0 Å². The van der Waals surface area contributed by atoms with Gasteiger partial charge in [-0.1, -0.05) is 13.8 Å². The fraction of sp³-hybridized carbons (Fsp3) is 0.556. The lowest BCUT2D eigenvalue weighted by Crippen LogP contribution is -2.43. The Morgan fingerprint density at radius 1 is 1.19 bits per heavy atom. The number of hydrogen-bond acceptors (Lipinski definition) is 6. The Morgan fingerprint density at radius 2 is 1.81 bits per heavy atom. The second kappa shape index (κ2) is 9.18. The van der Waals surface area contributed by atoms with Crippen LogP contribution in [0.3, 0.4) is 0 Å². The minimum atomic E-state index is -3.93. The normalized spacial score (nSPS) is 15.3. The lowest BCUT2D eigenvalue weighted by atomic mass is 10.1. The Hall–Kier alpha value is -2.13. The second-order valence-corrected chi connectivity index (χ2v) is 8.64. The van der Waals surface area contributed by atoms with Gasteiger partial charge in [-0.05, 0) is 49.4 Å². The monoisotopic (exact) mass is 398 g/mol. The van der Waals surface area contributed by atoms with Crippen molar-refractivity contribution in [3.05, 3.63) is 24.3 Å². The van der Waals surface area contributed by atoms with Crippen LogP contribution in [-0.4, -0.2) is 46.1 Å². The highest BCUT2D eigenvalue weighted by Gasteiger charge is 2.29. The quantitative estimate of drug-likeness (QED) is 0.573. The van der Waals surface area contributed by atoms with Gasteiger partial charge in [0, 0.05) is 6.04 Å². The van der Waals surface area contributed by atoms with Gasteiger partial charge in [0.2, 0.25) is 10.0 Å². The highest BCUT2D eigenvalue weighted by atomic mass is 32.2. The van der Waals surface area contributed by atoms with Crippen LogP contribution < -0.4 is 14.8 Å². The Bertz CT molecular complexity index is 757. The van der Waals surface area contributed by atoms with E-state index < -0.39 is 28.6 Å². The first-order valence-electron chi connectivity index (χ1n) is 8.83. The minimum Gasteiger partial charge on any atom is -0.497 e. The van der Waals surface area contributed by atoms with Gasteiger partial charge in [-0.25, -0.2) is 8.42 Å². The number of ether oxygens (including phenoxy) is 2. The predicted octanol–water partition coefficient (Wildman–Crippen LogP) is 1.21. The summed E-state index contributed by atoms with van der Waals surface area (Å²) in [6.45, 7) is 3.30. The third kappa shape index (κ3) is 6.84. The molecule has 1 atom stereocenters. The van der Waals surface area contributed by atoms with Crippen LogP contribution in [-0.2, 0) is 24.3 Å². The third-order valence-corrected chi connectivity index (χ3v) is 5.43. The maximum Gasteiger partial charge on any atom is 0.324 e. The van der Waals surface area contributed by atoms with Crippen LogP contribution in [0.25, 0.3) is 0 Å². The van der Waals surface area contributed by atoms with E-state index in [9.17, 15) is 18.0 Å². The van der Waals surface area contributed by atoms with E-state index in [1.165, 1.54) is 31.4 Å². The van der Waals surface area contributed by atoms with Crippen molar-refractivity contribution in [2.45, 2.75) is 50.1 Å². The molecule has 0 aliphatic heterocycles. The largest absolute Gasteiger partial charge is 0.497 e. The zero-order chi connectivity index (χ0) is 20.0. The van der Waals surface area contributed by atoms with Gasteiger partial charge in [-0.2, -0.15) is 4.72 Å². The second-order valence-electron chi connectivity index (χ2n) is 6.93. The number of esters is 1. The number of amides is 1. The number of rotatable bonds is 10. The number of hydrogen-bond donors (Lipinski definition) is 2. The number of benzene rings is 1. The SMILES string of the molecule is COc1ccc(S(=O)(=O)N[C@@H](CC(C)C)C(=O)OCC(=O)NC2CC2)cc1. The number of carbonyl (C=O) groups excluding carboxylic acids is 2. The molecule has 0 unspecified atom stereocenters. The standard InChI is InChI=1S/C18H26N2O6S/c1-12(2)10-16(18(22)26-11-17(21)19-13-4-5-13)20-27(23,24)15-8-6-14(25-3)7-9-15/h6-9,12-13,16,20H,4-5,10-11H2,1-3H3,(H,19,21)/t16-/m0/s1. The molecule has 1 aromatic rings. The van der Waals surface area contributed by atoms with E-state index in [4.69, 9.17) is 9.47 Å². The molecule has 9 heteroatoms. The molecule has 1 amide bonds. The topological polar surface area (TPSA) is 111 Å². The third-order valence-electron chi connectivity index (χ3n) is 3.95. The molecule has 0 saturated heterocycles. The minimum absolute atomic E-state index is 0.0105. The number of carbonyl (C=O) groups is 2. The van der Waals surface area contributed by atoms with Gasteiger partial charge < -0.3 is 14.8 Å². The summed E-state index contributed by atoms with van der Waals surface area (Å²) in [5, 5.41) is 2.71. The van der Waals surface area contributed by atoms with Gasteiger partial charge in [-0.3, -0.25) is 9.59 Å². The first-order valence-corrected chi connectivity index (χ1v) is 10.3. The van der Waals surface area contributed by atoms with Crippen LogP contribution in [0.5, 0.6) is 5.75 Å². The maximum atomic E-state index is 12.6. The average molecular weight is 398 g/mol. The average Bonchev–Trinajstić information content (AvgIpc) is 3.42. The van der Waals surface area contributed by atoms with E-state index in [-0.39, 0.29) is 29.2 Å². The molecule has 0 radical (unpaired) electrons. The van der Waals surface area contributed by atoms with Crippen LogP contribution in [0.2, 0.25) is 0 Å². The van der Waals surface area contributed by atoms with Gasteiger partial charge in [0.1, 0.15) is 11.8 Å². The summed E-state index contributed by atoms with van der Waals surface area (Å²) in [4.78, 5) is 24.0. The van der Waals surface area contributed by atoms with Gasteiger partial charge in [0.15, 0.2) is 6.61 Å². The van der Waals surface area contributed by atoms with Crippen molar-refractivity contribution in [1.29, 1.82) is 0 Å². The Labute approximate surface area is 159 Å². The van der Waals surface area contributed by atoms with Gasteiger partial charge in [0.05, 0.1) is 12.0 Å². The number of methoxy groups -OCH3 is 1. The predicted molar refractivity (Wildman–Crippen MR) is 98.7 cm³/mol. The molecular formula is C18H26N2O6S. The summed E-state index contributed by atoms with van der Waals surface area (Å²) in [5.41, 5.74) is 0. The molecule has 0 aromatic heterocycles. The molecule has 0 bridgehead atoms. The van der Waals surface area contributed by atoms with Crippen molar-refractivity contribution < 1.29 is 27.5 Å². The molecule has 2 N–H and O–H groups in total. The highest BCUT2D eigenvalue weighted by Crippen LogP contribution is 2.19. The van der Waals surface area contributed by atoms with E-state index in [1.807, 2.05) is 13.8 Å². The summed E-state index contributed by atoms with van der Waals surface area (Å²) in [6, 6.07) is 4.91. The molecule has 8 nitrogen and oxygen atoms in total. The zero-order valence-electron chi connectivity index (χ0n) is 15.7. The molecule has 0 heterocycles. The first-order chi connectivity index (χ1) is 12.7. The zero-order valence-corrected chi connectivity index (χ0v) is 16.5. The molecule has 27 heavy (non-hydrogen) atoms. The smallest absolute Gasteiger partial charge is 0.324 e. The maximum absolute atomic E-state index is 12.6. The molecule has 1 saturated carbocycles. The Kier molecular flexibility index (Phi) is 7.20. The number of nitrogens with one attached hydrogen (secondary N) is 2. The van der Waals surface area contributed by atoms with E-state index >= 15 is 0 Å². The summed E-state index contributed by atoms with van der Waals surface area (Å²) in [5.74, 6) is -0.589. The molecule has 1 aliphatic carbocycles. The van der Waals surface area contributed by atoms with E-state index in [1.54, 1.807) is 0 Å². The summed E-state index contributed by atoms with van der Waals surface area (Å²) in [7, 11) is -2.45. The van der Waals surface area contributed by atoms with Crippen LogP contribution in [0, 0.1) is 5.92 Å². The van der Waals surface area contributed by atoms with Crippen LogP contribution in [0.4, 0.5) is 0 Å². The lowest BCUT2D eigenvalue weighted by molar-refractivity contribution is -0.150. The van der Waals surface area contributed by atoms with Gasteiger partial charge in [0.25, 0.3) is 5.91 Å². The molecule has 150 valence electrons. The van der Waals surface area contributed by atoms with Crippen molar-refractivity contribution >= 4 is 21.9 Å². The van der Waals surface area contributed by atoms with Crippen LogP contribution in [0.1, 0.15) is 33.1 Å². The molecule has 1 fully saturated rings. The fourth-order valence-electron chi connectivity index (χ4n) is 2.41. The highest BCUT2D eigenvalue weighted by molar-refractivity contribution is 7.89. The number of sulfonamides is 1. The molecule has 1 aromatic carbocycles. The molecule has 0 spiro atoms. The first kappa shape index (κ1) is 21.2. The molecule has 2 rings (SSSR count). The van der Waals surface area contributed by atoms with E-state index in [0.717, 1.165) is 12.8 Å². The molecule has 1 aliphatic rings. The van der Waals surface area contributed by atoms with Crippen molar-refractivity contribution in [3.8, 4) is 5.75 Å². The van der Waals surface area contributed by atoms with Crippen molar-refractivity contribution in [1.82, 2.24) is 10.0 Å². The van der Waals surface area contributed by atoms with Crippen molar-refractivity contribution in [2.24, 2.45) is 5.92 Å². The van der Waals surface area contributed by atoms with E-state index in [0.29, 0.717) is 5.75 Å². The molecular weight excluding hydrogens is 372 g/mol. The summed E-state index contributed by atoms with van der Waals surface area (Å²) >= 11 is 0. The summed E-state index contributed by atoms with van der Waals surface area (Å²) < 4.78 is 37.6. The Balaban J connectivity index is 2.02. The van der Waals surface area contributed by atoms with Gasteiger partial charge >= 0.3 is 5.97 Å². The Morgan fingerprint density at radius 3 is 2.33 bits per heavy atom.